The molecule has 0 spiro atoms. The monoisotopic (exact) mass is 421 g/mol. The predicted molar refractivity (Wildman–Crippen MR) is 107 cm³/mol. The molecule has 1 N–H and O–H groups in total. The van der Waals surface area contributed by atoms with Gasteiger partial charge in [0.25, 0.3) is 5.91 Å². The van der Waals surface area contributed by atoms with E-state index < -0.39 is 18.5 Å². The lowest BCUT2D eigenvalue weighted by Gasteiger charge is -2.17. The molecule has 1 aliphatic heterocycles. The number of fused-ring (bicyclic) bond motifs is 5. The van der Waals surface area contributed by atoms with E-state index >= 15 is 0 Å². The number of anilines is 2. The lowest BCUT2D eigenvalue weighted by molar-refractivity contribution is -0.123. The Bertz CT molecular complexity index is 1090. The molecule has 1 saturated heterocycles. The maximum Gasteiger partial charge on any atom is 0.338 e. The Kier molecular flexibility index (Phi) is 4.46. The number of nitrogens with zero attached hydrogens (tertiary/aromatic N) is 2. The van der Waals surface area contributed by atoms with E-state index in [1.807, 2.05) is 12.2 Å². The summed E-state index contributed by atoms with van der Waals surface area (Å²) in [6, 6.07) is 7.56. The molecule has 2 heterocycles. The number of hydrogen-bond donors (Lipinski definition) is 1. The van der Waals surface area contributed by atoms with Gasteiger partial charge >= 0.3 is 5.97 Å². The maximum atomic E-state index is 12.9. The highest BCUT2D eigenvalue weighted by molar-refractivity contribution is 6.22. The van der Waals surface area contributed by atoms with Gasteiger partial charge in [0, 0.05) is 6.07 Å². The number of hydrogen-bond acceptors (Lipinski definition) is 7. The molecule has 3 amide bonds. The molecule has 3 aliphatic rings. The van der Waals surface area contributed by atoms with Crippen molar-refractivity contribution in [3.05, 3.63) is 53.8 Å². The lowest BCUT2D eigenvalue weighted by atomic mass is 9.85. The SMILES string of the molecule is Cc1cc(NC(=O)COC(=O)c2ccc(N3C(=O)[C@@H]4[C@H](C3=O)[C@H]3C=C[C@H]4C3)cc2)no1. The molecular formula is C22H19N3O6. The molecule has 1 saturated carbocycles. The molecule has 2 aliphatic carbocycles. The fourth-order valence-corrected chi connectivity index (χ4v) is 4.72. The van der Waals surface area contributed by atoms with E-state index in [-0.39, 0.29) is 46.9 Å². The summed E-state index contributed by atoms with van der Waals surface area (Å²) in [6.07, 6.45) is 4.95. The molecular weight excluding hydrogens is 402 g/mol. The normalized spacial score (nSPS) is 25.8. The predicted octanol–water partition coefficient (Wildman–Crippen LogP) is 2.09. The topological polar surface area (TPSA) is 119 Å². The van der Waals surface area contributed by atoms with Gasteiger partial charge in [-0.25, -0.2) is 4.79 Å². The third-order valence-electron chi connectivity index (χ3n) is 6.06. The Balaban J connectivity index is 1.21. The molecule has 9 nitrogen and oxygen atoms in total. The first-order chi connectivity index (χ1) is 14.9. The molecule has 158 valence electrons. The molecule has 2 bridgehead atoms. The first-order valence-electron chi connectivity index (χ1n) is 9.99. The number of amides is 3. The molecule has 2 aromatic rings. The van der Waals surface area contributed by atoms with Gasteiger partial charge in [-0.3, -0.25) is 19.3 Å². The molecule has 31 heavy (non-hydrogen) atoms. The minimum absolute atomic E-state index is 0.137. The molecule has 9 heteroatoms. The number of nitrogens with one attached hydrogen (secondary N) is 1. The van der Waals surface area contributed by atoms with E-state index in [0.717, 1.165) is 6.42 Å². The van der Waals surface area contributed by atoms with E-state index in [1.54, 1.807) is 19.1 Å². The van der Waals surface area contributed by atoms with Crippen molar-refractivity contribution < 1.29 is 28.4 Å². The number of allylic oxidation sites excluding steroid dienone is 2. The van der Waals surface area contributed by atoms with Crippen LogP contribution in [0.4, 0.5) is 11.5 Å². The van der Waals surface area contributed by atoms with Crippen molar-refractivity contribution >= 4 is 35.2 Å². The van der Waals surface area contributed by atoms with Crippen molar-refractivity contribution in [2.24, 2.45) is 23.7 Å². The average Bonchev–Trinajstić information content (AvgIpc) is 3.52. The van der Waals surface area contributed by atoms with Crippen LogP contribution in [0.1, 0.15) is 22.5 Å². The first-order valence-corrected chi connectivity index (χ1v) is 9.99. The zero-order valence-electron chi connectivity index (χ0n) is 16.6. The molecule has 4 atom stereocenters. The second kappa shape index (κ2) is 7.19. The largest absolute Gasteiger partial charge is 0.452 e. The third-order valence-corrected chi connectivity index (χ3v) is 6.06. The maximum absolute atomic E-state index is 12.9. The number of esters is 1. The van der Waals surface area contributed by atoms with Gasteiger partial charge in [0.05, 0.1) is 23.1 Å². The van der Waals surface area contributed by atoms with Crippen LogP contribution in [-0.2, 0) is 19.1 Å². The van der Waals surface area contributed by atoms with Crippen molar-refractivity contribution in [2.75, 3.05) is 16.8 Å². The van der Waals surface area contributed by atoms with Crippen LogP contribution in [0.2, 0.25) is 0 Å². The van der Waals surface area contributed by atoms with E-state index in [1.165, 1.54) is 23.1 Å². The highest BCUT2D eigenvalue weighted by Crippen LogP contribution is 2.53. The number of carbonyl (C=O) groups excluding carboxylic acids is 4. The van der Waals surface area contributed by atoms with Crippen LogP contribution in [-0.4, -0.2) is 35.5 Å². The van der Waals surface area contributed by atoms with Gasteiger partial charge in [0.2, 0.25) is 11.8 Å². The average molecular weight is 421 g/mol. The summed E-state index contributed by atoms with van der Waals surface area (Å²) < 4.78 is 9.85. The first kappa shape index (κ1) is 19.2. The standard InChI is InChI=1S/C22H19N3O6/c1-11-8-16(24-31-11)23-17(26)10-30-22(29)12-4-6-15(7-5-12)25-20(27)18-13-2-3-14(9-13)19(18)21(25)28/h2-8,13-14,18-19H,9-10H2,1H3,(H,23,24,26)/t13-,14-,18-,19+/m0/s1. The van der Waals surface area contributed by atoms with Crippen LogP contribution in [0.15, 0.2) is 47.0 Å². The number of benzene rings is 1. The second-order valence-electron chi connectivity index (χ2n) is 8.01. The highest BCUT2D eigenvalue weighted by atomic mass is 16.5. The molecule has 0 unspecified atom stereocenters. The van der Waals surface area contributed by atoms with Gasteiger partial charge in [0.1, 0.15) is 5.76 Å². The Morgan fingerprint density at radius 1 is 1.13 bits per heavy atom. The van der Waals surface area contributed by atoms with Crippen LogP contribution >= 0.6 is 0 Å². The van der Waals surface area contributed by atoms with Crippen LogP contribution in [0.3, 0.4) is 0 Å². The lowest BCUT2D eigenvalue weighted by Crippen LogP contribution is -2.32. The van der Waals surface area contributed by atoms with Crippen LogP contribution < -0.4 is 10.2 Å². The number of carbonyl (C=O) groups is 4. The molecule has 1 aromatic heterocycles. The Hall–Kier alpha value is -3.75. The Morgan fingerprint density at radius 3 is 2.35 bits per heavy atom. The van der Waals surface area contributed by atoms with Gasteiger partial charge in [-0.05, 0) is 49.4 Å². The van der Waals surface area contributed by atoms with Crippen LogP contribution in [0, 0.1) is 30.6 Å². The third kappa shape index (κ3) is 3.22. The van der Waals surface area contributed by atoms with E-state index in [9.17, 15) is 19.2 Å². The molecule has 5 rings (SSSR count). The quantitative estimate of drug-likeness (QED) is 0.446. The number of imide groups is 1. The summed E-state index contributed by atoms with van der Waals surface area (Å²) in [5, 5.41) is 6.07. The van der Waals surface area contributed by atoms with Crippen molar-refractivity contribution in [3.8, 4) is 0 Å². The van der Waals surface area contributed by atoms with Gasteiger partial charge in [-0.15, -0.1) is 0 Å². The number of rotatable bonds is 5. The molecule has 0 radical (unpaired) electrons. The number of ether oxygens (including phenoxy) is 1. The van der Waals surface area contributed by atoms with Crippen LogP contribution in [0.25, 0.3) is 0 Å². The van der Waals surface area contributed by atoms with Crippen LogP contribution in [0.5, 0.6) is 0 Å². The number of aromatic nitrogens is 1. The zero-order valence-corrected chi connectivity index (χ0v) is 16.6. The number of aryl methyl sites for hydroxylation is 1. The Labute approximate surface area is 177 Å². The van der Waals surface area contributed by atoms with Crippen molar-refractivity contribution in [2.45, 2.75) is 13.3 Å². The van der Waals surface area contributed by atoms with Gasteiger partial charge in [0.15, 0.2) is 12.4 Å². The molecule has 1 aromatic carbocycles. The summed E-state index contributed by atoms with van der Waals surface area (Å²) in [7, 11) is 0. The van der Waals surface area contributed by atoms with Crippen molar-refractivity contribution in [1.82, 2.24) is 5.16 Å². The summed E-state index contributed by atoms with van der Waals surface area (Å²) in [4.78, 5) is 51.0. The summed E-state index contributed by atoms with van der Waals surface area (Å²) in [5.41, 5.74) is 0.634. The summed E-state index contributed by atoms with van der Waals surface area (Å²) >= 11 is 0. The van der Waals surface area contributed by atoms with E-state index in [4.69, 9.17) is 9.26 Å². The fourth-order valence-electron chi connectivity index (χ4n) is 4.72. The highest BCUT2D eigenvalue weighted by Gasteiger charge is 2.59. The molecule has 2 fully saturated rings. The van der Waals surface area contributed by atoms with Gasteiger partial charge < -0.3 is 14.6 Å². The van der Waals surface area contributed by atoms with E-state index in [2.05, 4.69) is 10.5 Å². The van der Waals surface area contributed by atoms with Gasteiger partial charge in [-0.2, -0.15) is 0 Å². The minimum Gasteiger partial charge on any atom is -0.452 e. The minimum atomic E-state index is -0.698. The fraction of sp³-hybridized carbons (Fsp3) is 0.318. The Morgan fingerprint density at radius 2 is 1.77 bits per heavy atom. The van der Waals surface area contributed by atoms with Gasteiger partial charge in [-0.1, -0.05) is 17.3 Å². The smallest absolute Gasteiger partial charge is 0.338 e. The zero-order chi connectivity index (χ0) is 21.7. The summed E-state index contributed by atoms with van der Waals surface area (Å²) in [5.74, 6) is -1.12. The second-order valence-corrected chi connectivity index (χ2v) is 8.01. The van der Waals surface area contributed by atoms with Crippen molar-refractivity contribution in [3.63, 3.8) is 0 Å². The van der Waals surface area contributed by atoms with Crippen molar-refractivity contribution in [1.29, 1.82) is 0 Å². The summed E-state index contributed by atoms with van der Waals surface area (Å²) in [6.45, 7) is 1.19. The van der Waals surface area contributed by atoms with E-state index in [0.29, 0.717) is 11.4 Å².